The van der Waals surface area contributed by atoms with Crippen LogP contribution in [0.3, 0.4) is 0 Å². The van der Waals surface area contributed by atoms with Crippen LogP contribution >= 0.6 is 0 Å². The van der Waals surface area contributed by atoms with E-state index in [9.17, 15) is 9.50 Å². The molecule has 3 nitrogen and oxygen atoms in total. The molecule has 0 saturated heterocycles. The number of nitrogens with one attached hydrogen (secondary N) is 1. The van der Waals surface area contributed by atoms with Gasteiger partial charge in [0.05, 0.1) is 18.5 Å². The smallest absolute Gasteiger partial charge is 0.141 e. The van der Waals surface area contributed by atoms with E-state index in [1.807, 2.05) is 20.8 Å². The molecule has 0 aliphatic carbocycles. The fourth-order valence-electron chi connectivity index (χ4n) is 1.51. The van der Waals surface area contributed by atoms with Crippen LogP contribution in [0, 0.1) is 11.7 Å². The molecular formula is C12H19FN2O. The van der Waals surface area contributed by atoms with Crippen molar-refractivity contribution < 1.29 is 9.50 Å². The number of rotatable bonds is 5. The minimum Gasteiger partial charge on any atom is -0.395 e. The van der Waals surface area contributed by atoms with E-state index in [-0.39, 0.29) is 24.5 Å². The van der Waals surface area contributed by atoms with Crippen molar-refractivity contribution in [2.24, 2.45) is 5.92 Å². The van der Waals surface area contributed by atoms with Gasteiger partial charge in [0.1, 0.15) is 5.82 Å². The van der Waals surface area contributed by atoms with Crippen LogP contribution in [0.25, 0.3) is 0 Å². The van der Waals surface area contributed by atoms with Gasteiger partial charge in [-0.3, -0.25) is 4.98 Å². The summed E-state index contributed by atoms with van der Waals surface area (Å²) in [5.74, 6) is 0.00594. The molecule has 1 unspecified atom stereocenters. The minimum absolute atomic E-state index is 0.000139. The van der Waals surface area contributed by atoms with Crippen LogP contribution in [-0.2, 0) is 0 Å². The van der Waals surface area contributed by atoms with E-state index < -0.39 is 0 Å². The second-order valence-electron chi connectivity index (χ2n) is 4.32. The zero-order valence-corrected chi connectivity index (χ0v) is 9.94. The van der Waals surface area contributed by atoms with Gasteiger partial charge in [0.2, 0.25) is 0 Å². The first kappa shape index (κ1) is 13.1. The van der Waals surface area contributed by atoms with E-state index >= 15 is 0 Å². The molecule has 0 bridgehead atoms. The molecule has 16 heavy (non-hydrogen) atoms. The van der Waals surface area contributed by atoms with Crippen molar-refractivity contribution in [2.45, 2.75) is 32.9 Å². The van der Waals surface area contributed by atoms with Gasteiger partial charge >= 0.3 is 0 Å². The molecule has 1 aromatic heterocycles. The molecule has 1 heterocycles. The standard InChI is InChI=1S/C12H19FN2O/c1-8(2)12(7-16)15-9(3)11-5-4-10(13)6-14-11/h4-6,8-9,12,15-16H,7H2,1-3H3/t9?,12-/m1/s1. The summed E-state index contributed by atoms with van der Waals surface area (Å²) < 4.78 is 12.7. The van der Waals surface area contributed by atoms with Crippen LogP contribution in [0.2, 0.25) is 0 Å². The predicted molar refractivity (Wildman–Crippen MR) is 61.5 cm³/mol. The third-order valence-corrected chi connectivity index (χ3v) is 2.66. The third-order valence-electron chi connectivity index (χ3n) is 2.66. The summed E-state index contributed by atoms with van der Waals surface area (Å²) in [6.07, 6.45) is 1.21. The molecule has 4 heteroatoms. The van der Waals surface area contributed by atoms with Gasteiger partial charge in [-0.1, -0.05) is 13.8 Å². The van der Waals surface area contributed by atoms with Crippen molar-refractivity contribution in [1.82, 2.24) is 10.3 Å². The van der Waals surface area contributed by atoms with Gasteiger partial charge < -0.3 is 10.4 Å². The second kappa shape index (κ2) is 5.92. The average molecular weight is 226 g/mol. The SMILES string of the molecule is CC(N[C@H](CO)C(C)C)c1ccc(F)cn1. The second-order valence-corrected chi connectivity index (χ2v) is 4.32. The summed E-state index contributed by atoms with van der Waals surface area (Å²) in [4.78, 5) is 4.01. The Morgan fingerprint density at radius 2 is 2.06 bits per heavy atom. The molecule has 1 rings (SSSR count). The first-order valence-electron chi connectivity index (χ1n) is 5.53. The summed E-state index contributed by atoms with van der Waals surface area (Å²) in [6, 6.07) is 3.08. The summed E-state index contributed by atoms with van der Waals surface area (Å²) >= 11 is 0. The molecule has 0 aliphatic rings. The molecule has 0 aliphatic heterocycles. The number of hydrogen-bond acceptors (Lipinski definition) is 3. The van der Waals surface area contributed by atoms with E-state index in [1.54, 1.807) is 6.07 Å². The first-order valence-corrected chi connectivity index (χ1v) is 5.53. The van der Waals surface area contributed by atoms with Crippen molar-refractivity contribution in [3.8, 4) is 0 Å². The first-order chi connectivity index (χ1) is 7.54. The highest BCUT2D eigenvalue weighted by Gasteiger charge is 2.16. The Balaban J connectivity index is 2.64. The average Bonchev–Trinajstić information content (AvgIpc) is 2.26. The predicted octanol–water partition coefficient (Wildman–Crippen LogP) is 1.89. The van der Waals surface area contributed by atoms with Gasteiger partial charge in [0.25, 0.3) is 0 Å². The number of pyridine rings is 1. The fourth-order valence-corrected chi connectivity index (χ4v) is 1.51. The van der Waals surface area contributed by atoms with Crippen molar-refractivity contribution in [1.29, 1.82) is 0 Å². The number of nitrogens with zero attached hydrogens (tertiary/aromatic N) is 1. The third kappa shape index (κ3) is 3.54. The number of aliphatic hydroxyl groups is 1. The van der Waals surface area contributed by atoms with E-state index in [0.717, 1.165) is 5.69 Å². The van der Waals surface area contributed by atoms with Gasteiger partial charge in [0, 0.05) is 12.1 Å². The van der Waals surface area contributed by atoms with Gasteiger partial charge in [-0.15, -0.1) is 0 Å². The molecule has 0 radical (unpaired) electrons. The van der Waals surface area contributed by atoms with Gasteiger partial charge in [-0.05, 0) is 25.0 Å². The van der Waals surface area contributed by atoms with E-state index in [0.29, 0.717) is 5.92 Å². The number of aliphatic hydroxyl groups excluding tert-OH is 1. The van der Waals surface area contributed by atoms with Gasteiger partial charge in [0.15, 0.2) is 0 Å². The van der Waals surface area contributed by atoms with Crippen LogP contribution in [-0.4, -0.2) is 22.7 Å². The lowest BCUT2D eigenvalue weighted by molar-refractivity contribution is 0.201. The molecule has 1 aromatic rings. The van der Waals surface area contributed by atoms with Gasteiger partial charge in [-0.25, -0.2) is 4.39 Å². The molecule has 0 amide bonds. The van der Waals surface area contributed by atoms with Crippen LogP contribution in [0.15, 0.2) is 18.3 Å². The monoisotopic (exact) mass is 226 g/mol. The van der Waals surface area contributed by atoms with Crippen molar-refractivity contribution >= 4 is 0 Å². The Morgan fingerprint density at radius 3 is 2.50 bits per heavy atom. The van der Waals surface area contributed by atoms with Crippen LogP contribution in [0.4, 0.5) is 4.39 Å². The van der Waals surface area contributed by atoms with Crippen molar-refractivity contribution in [3.63, 3.8) is 0 Å². The Hall–Kier alpha value is -1.00. The lowest BCUT2D eigenvalue weighted by atomic mass is 10.0. The number of hydrogen-bond donors (Lipinski definition) is 2. The quantitative estimate of drug-likeness (QED) is 0.806. The van der Waals surface area contributed by atoms with E-state index in [4.69, 9.17) is 0 Å². The lowest BCUT2D eigenvalue weighted by Gasteiger charge is -2.24. The summed E-state index contributed by atoms with van der Waals surface area (Å²) in [7, 11) is 0. The maximum atomic E-state index is 12.7. The number of aromatic nitrogens is 1. The zero-order valence-electron chi connectivity index (χ0n) is 9.94. The largest absolute Gasteiger partial charge is 0.395 e. The van der Waals surface area contributed by atoms with Crippen LogP contribution in [0.1, 0.15) is 32.5 Å². The molecule has 0 fully saturated rings. The molecule has 0 spiro atoms. The number of halogens is 1. The molecule has 2 N–H and O–H groups in total. The lowest BCUT2D eigenvalue weighted by Crippen LogP contribution is -2.38. The highest BCUT2D eigenvalue weighted by Crippen LogP contribution is 2.12. The highest BCUT2D eigenvalue weighted by atomic mass is 19.1. The Labute approximate surface area is 95.7 Å². The molecular weight excluding hydrogens is 207 g/mol. The highest BCUT2D eigenvalue weighted by molar-refractivity contribution is 5.09. The van der Waals surface area contributed by atoms with E-state index in [2.05, 4.69) is 10.3 Å². The van der Waals surface area contributed by atoms with Crippen molar-refractivity contribution in [3.05, 3.63) is 29.8 Å². The Bertz CT molecular complexity index is 313. The summed E-state index contributed by atoms with van der Waals surface area (Å²) in [6.45, 7) is 6.12. The maximum absolute atomic E-state index is 12.7. The molecule has 0 saturated carbocycles. The van der Waals surface area contributed by atoms with Crippen LogP contribution in [0.5, 0.6) is 0 Å². The molecule has 90 valence electrons. The minimum atomic E-state index is -0.335. The molecule has 2 atom stereocenters. The Morgan fingerprint density at radius 1 is 1.38 bits per heavy atom. The summed E-state index contributed by atoms with van der Waals surface area (Å²) in [5, 5.41) is 12.5. The summed E-state index contributed by atoms with van der Waals surface area (Å²) in [5.41, 5.74) is 0.778. The Kier molecular flexibility index (Phi) is 4.83. The fraction of sp³-hybridized carbons (Fsp3) is 0.583. The van der Waals surface area contributed by atoms with E-state index in [1.165, 1.54) is 12.3 Å². The topological polar surface area (TPSA) is 45.1 Å². The van der Waals surface area contributed by atoms with Gasteiger partial charge in [-0.2, -0.15) is 0 Å². The van der Waals surface area contributed by atoms with Crippen LogP contribution < -0.4 is 5.32 Å². The zero-order chi connectivity index (χ0) is 12.1. The van der Waals surface area contributed by atoms with Crippen molar-refractivity contribution in [2.75, 3.05) is 6.61 Å². The maximum Gasteiger partial charge on any atom is 0.141 e. The normalized spacial score (nSPS) is 15.1. The molecule has 0 aromatic carbocycles.